The number of aliphatic hydroxyl groups excluding tert-OH is 1. The van der Waals surface area contributed by atoms with Crippen molar-refractivity contribution in [3.05, 3.63) is 30.2 Å². The monoisotopic (exact) mass is 440 g/mol. The summed E-state index contributed by atoms with van der Waals surface area (Å²) in [7, 11) is 0. The Labute approximate surface area is 176 Å². The van der Waals surface area contributed by atoms with Gasteiger partial charge in [-0.25, -0.2) is 0 Å². The summed E-state index contributed by atoms with van der Waals surface area (Å²) in [6.45, 7) is 3.38. The number of benzene rings is 1. The molecule has 1 aromatic carbocycles. The summed E-state index contributed by atoms with van der Waals surface area (Å²) < 4.78 is 46.3. The van der Waals surface area contributed by atoms with Crippen LogP contribution in [-0.4, -0.2) is 69.1 Å². The van der Waals surface area contributed by atoms with Gasteiger partial charge in [0.05, 0.1) is 12.1 Å². The fraction of sp³-hybridized carbons (Fsp3) is 0.550. The van der Waals surface area contributed by atoms with Gasteiger partial charge in [-0.2, -0.15) is 4.98 Å². The topological polar surface area (TPSA) is 91.9 Å². The van der Waals surface area contributed by atoms with Crippen molar-refractivity contribution in [3.8, 4) is 17.1 Å². The normalized spacial score (nSPS) is 23.3. The molecule has 2 aromatic rings. The first-order valence-electron chi connectivity index (χ1n) is 10.1. The second-order valence-electron chi connectivity index (χ2n) is 7.87. The van der Waals surface area contributed by atoms with Crippen molar-refractivity contribution >= 4 is 5.91 Å². The van der Waals surface area contributed by atoms with Crippen LogP contribution in [0.3, 0.4) is 0 Å². The van der Waals surface area contributed by atoms with E-state index in [9.17, 15) is 23.1 Å². The van der Waals surface area contributed by atoms with Crippen molar-refractivity contribution in [1.29, 1.82) is 0 Å². The number of aromatic nitrogens is 2. The summed E-state index contributed by atoms with van der Waals surface area (Å²) in [6.07, 6.45) is -3.24. The molecule has 1 aromatic heterocycles. The Hall–Kier alpha value is -2.66. The second-order valence-corrected chi connectivity index (χ2v) is 7.87. The van der Waals surface area contributed by atoms with Crippen molar-refractivity contribution in [2.75, 3.05) is 19.6 Å². The molecule has 0 spiro atoms. The molecule has 8 nitrogen and oxygen atoms in total. The molecule has 2 aliphatic heterocycles. The van der Waals surface area contributed by atoms with Crippen molar-refractivity contribution in [1.82, 2.24) is 19.9 Å². The molecule has 1 amide bonds. The Morgan fingerprint density at radius 2 is 1.90 bits per heavy atom. The van der Waals surface area contributed by atoms with E-state index >= 15 is 0 Å². The Bertz CT molecular complexity index is 910. The van der Waals surface area contributed by atoms with Crippen LogP contribution in [0.1, 0.15) is 38.1 Å². The Balaban J connectivity index is 1.46. The van der Waals surface area contributed by atoms with Crippen LogP contribution in [0.5, 0.6) is 5.75 Å². The van der Waals surface area contributed by atoms with E-state index in [0.29, 0.717) is 37.5 Å². The summed E-state index contributed by atoms with van der Waals surface area (Å²) in [5, 5.41) is 14.2. The van der Waals surface area contributed by atoms with Crippen molar-refractivity contribution in [2.45, 2.75) is 50.7 Å². The van der Waals surface area contributed by atoms with E-state index in [1.165, 1.54) is 24.3 Å². The van der Waals surface area contributed by atoms with E-state index in [1.807, 2.05) is 4.90 Å². The predicted octanol–water partition coefficient (Wildman–Crippen LogP) is 2.75. The number of amides is 1. The second kappa shape index (κ2) is 8.46. The number of piperidine rings is 1. The molecular formula is C20H23F3N4O4. The molecule has 168 valence electrons. The maximum Gasteiger partial charge on any atom is 0.573 e. The van der Waals surface area contributed by atoms with Gasteiger partial charge in [0.2, 0.25) is 17.6 Å². The molecule has 0 unspecified atom stereocenters. The van der Waals surface area contributed by atoms with Crippen LogP contribution in [0.2, 0.25) is 0 Å². The average Bonchev–Trinajstić information content (AvgIpc) is 3.34. The summed E-state index contributed by atoms with van der Waals surface area (Å²) in [5.74, 6) is 0.337. The number of halogens is 3. The third kappa shape index (κ3) is 4.99. The zero-order chi connectivity index (χ0) is 22.2. The Morgan fingerprint density at radius 1 is 1.23 bits per heavy atom. The van der Waals surface area contributed by atoms with E-state index in [2.05, 4.69) is 19.8 Å². The first-order chi connectivity index (χ1) is 14.7. The van der Waals surface area contributed by atoms with Gasteiger partial charge in [-0.15, -0.1) is 13.2 Å². The van der Waals surface area contributed by atoms with E-state index in [4.69, 9.17) is 4.52 Å². The number of hydrogen-bond acceptors (Lipinski definition) is 7. The zero-order valence-electron chi connectivity index (χ0n) is 16.9. The van der Waals surface area contributed by atoms with E-state index in [0.717, 1.165) is 12.8 Å². The van der Waals surface area contributed by atoms with Gasteiger partial charge in [-0.05, 0) is 43.5 Å². The summed E-state index contributed by atoms with van der Waals surface area (Å²) >= 11 is 0. The minimum Gasteiger partial charge on any atom is -0.406 e. The highest BCUT2D eigenvalue weighted by atomic mass is 19.4. The third-order valence-electron chi connectivity index (χ3n) is 5.77. The van der Waals surface area contributed by atoms with Crippen LogP contribution >= 0.6 is 0 Å². The summed E-state index contributed by atoms with van der Waals surface area (Å²) in [5.41, 5.74) is 0.490. The largest absolute Gasteiger partial charge is 0.573 e. The standard InChI is InChI=1S/C20H23F3N4O4/c1-12(28)26-8-6-14(7-9-26)27-11-15(29)10-17(27)19-24-18(25-31-19)13-2-4-16(5-3-13)30-20(21,22)23/h2-5,14-15,17,29H,6-11H2,1H3/t15-,17+/m1/s1. The maximum absolute atomic E-state index is 12.3. The lowest BCUT2D eigenvalue weighted by Gasteiger charge is -2.38. The average molecular weight is 440 g/mol. The first kappa shape index (κ1) is 21.6. The lowest BCUT2D eigenvalue weighted by molar-refractivity contribution is -0.274. The fourth-order valence-electron chi connectivity index (χ4n) is 4.29. The number of carbonyl (C=O) groups excluding carboxylic acids is 1. The van der Waals surface area contributed by atoms with Gasteiger partial charge in [0.25, 0.3) is 0 Å². The number of ether oxygens (including phenoxy) is 1. The number of hydrogen-bond donors (Lipinski definition) is 1. The van der Waals surface area contributed by atoms with Crippen molar-refractivity contribution < 1.29 is 32.3 Å². The van der Waals surface area contributed by atoms with Crippen molar-refractivity contribution in [3.63, 3.8) is 0 Å². The van der Waals surface area contributed by atoms with Crippen LogP contribution in [0, 0.1) is 0 Å². The molecule has 11 heteroatoms. The van der Waals surface area contributed by atoms with Gasteiger partial charge in [-0.1, -0.05) is 5.16 Å². The van der Waals surface area contributed by atoms with Crippen LogP contribution in [0.15, 0.2) is 28.8 Å². The fourth-order valence-corrected chi connectivity index (χ4v) is 4.29. The highest BCUT2D eigenvalue weighted by Crippen LogP contribution is 2.36. The van der Waals surface area contributed by atoms with Gasteiger partial charge >= 0.3 is 6.36 Å². The van der Waals surface area contributed by atoms with E-state index in [-0.39, 0.29) is 29.6 Å². The number of aliphatic hydroxyl groups is 1. The van der Waals surface area contributed by atoms with Crippen molar-refractivity contribution in [2.24, 2.45) is 0 Å². The molecule has 2 fully saturated rings. The predicted molar refractivity (Wildman–Crippen MR) is 102 cm³/mol. The number of nitrogens with zero attached hydrogens (tertiary/aromatic N) is 4. The summed E-state index contributed by atoms with van der Waals surface area (Å²) in [4.78, 5) is 20.0. The van der Waals surface area contributed by atoms with Gasteiger partial charge < -0.3 is 19.3 Å². The quantitative estimate of drug-likeness (QED) is 0.782. The van der Waals surface area contributed by atoms with E-state index in [1.54, 1.807) is 6.92 Å². The van der Waals surface area contributed by atoms with Gasteiger partial charge in [0, 0.05) is 38.2 Å². The number of rotatable bonds is 4. The first-order valence-corrected chi connectivity index (χ1v) is 10.1. The molecule has 1 N–H and O–H groups in total. The molecule has 0 bridgehead atoms. The van der Waals surface area contributed by atoms with Crippen LogP contribution in [0.25, 0.3) is 11.4 Å². The van der Waals surface area contributed by atoms with Gasteiger partial charge in [0.1, 0.15) is 5.75 Å². The minimum absolute atomic E-state index is 0.0599. The Morgan fingerprint density at radius 3 is 2.52 bits per heavy atom. The van der Waals surface area contributed by atoms with E-state index < -0.39 is 12.5 Å². The zero-order valence-corrected chi connectivity index (χ0v) is 16.9. The summed E-state index contributed by atoms with van der Waals surface area (Å²) in [6, 6.07) is 5.16. The Kier molecular flexibility index (Phi) is 5.89. The molecule has 0 radical (unpaired) electrons. The number of alkyl halides is 3. The molecule has 2 aliphatic rings. The van der Waals surface area contributed by atoms with Crippen LogP contribution < -0.4 is 4.74 Å². The highest BCUT2D eigenvalue weighted by Gasteiger charge is 2.40. The molecule has 4 rings (SSSR count). The molecule has 31 heavy (non-hydrogen) atoms. The van der Waals surface area contributed by atoms with Crippen LogP contribution in [-0.2, 0) is 4.79 Å². The molecule has 3 heterocycles. The molecule has 0 saturated carbocycles. The van der Waals surface area contributed by atoms with Crippen LogP contribution in [0.4, 0.5) is 13.2 Å². The molecule has 2 atom stereocenters. The molecule has 2 saturated heterocycles. The van der Waals surface area contributed by atoms with Gasteiger partial charge in [-0.3, -0.25) is 9.69 Å². The smallest absolute Gasteiger partial charge is 0.406 e. The highest BCUT2D eigenvalue weighted by molar-refractivity contribution is 5.73. The molecule has 0 aliphatic carbocycles. The lowest BCUT2D eigenvalue weighted by Crippen LogP contribution is -2.46. The number of likely N-dealkylation sites (tertiary alicyclic amines) is 2. The molecular weight excluding hydrogens is 417 g/mol. The third-order valence-corrected chi connectivity index (χ3v) is 5.77. The number of carbonyl (C=O) groups is 1. The SMILES string of the molecule is CC(=O)N1CCC(N2C[C@H](O)C[C@H]2c2nc(-c3ccc(OC(F)(F)F)cc3)no2)CC1. The van der Waals surface area contributed by atoms with Gasteiger partial charge in [0.15, 0.2) is 0 Å². The number of β-amino-alcohol motifs (C(OH)–C–C–N with tert-alkyl or cyclic N) is 1. The maximum atomic E-state index is 12.3. The minimum atomic E-state index is -4.76. The lowest BCUT2D eigenvalue weighted by atomic mass is 10.0.